The first kappa shape index (κ1) is 12.0. The van der Waals surface area contributed by atoms with Gasteiger partial charge in [0.15, 0.2) is 0 Å². The maximum absolute atomic E-state index is 13.0. The third-order valence-electron chi connectivity index (χ3n) is 2.37. The summed E-state index contributed by atoms with van der Waals surface area (Å²) in [6.07, 6.45) is 1.83. The van der Waals surface area contributed by atoms with Gasteiger partial charge in [-0.3, -0.25) is 4.98 Å². The van der Waals surface area contributed by atoms with Crippen LogP contribution in [0.4, 0.5) is 10.1 Å². The molecule has 1 aromatic heterocycles. The van der Waals surface area contributed by atoms with Gasteiger partial charge in [-0.05, 0) is 52.7 Å². The monoisotopic (exact) mass is 294 g/mol. The molecule has 0 aliphatic rings. The van der Waals surface area contributed by atoms with Gasteiger partial charge in [0.05, 0.1) is 16.7 Å². The highest BCUT2D eigenvalue weighted by Gasteiger charge is 2.00. The summed E-state index contributed by atoms with van der Waals surface area (Å²) in [5, 5.41) is 3.19. The minimum Gasteiger partial charge on any atom is -0.379 e. The third-order valence-corrected chi connectivity index (χ3v) is 2.97. The molecule has 0 saturated carbocycles. The van der Waals surface area contributed by atoms with E-state index in [2.05, 4.69) is 26.2 Å². The first-order valence-electron chi connectivity index (χ1n) is 5.25. The van der Waals surface area contributed by atoms with Crippen LogP contribution in [0.5, 0.6) is 0 Å². The van der Waals surface area contributed by atoms with Gasteiger partial charge in [0.2, 0.25) is 0 Å². The van der Waals surface area contributed by atoms with Gasteiger partial charge in [-0.2, -0.15) is 0 Å². The number of aryl methyl sites for hydroxylation is 1. The normalized spacial score (nSPS) is 10.3. The smallest absolute Gasteiger partial charge is 0.137 e. The second-order valence-electron chi connectivity index (χ2n) is 3.81. The molecule has 0 radical (unpaired) electrons. The van der Waals surface area contributed by atoms with Crippen molar-refractivity contribution in [3.8, 4) is 0 Å². The van der Waals surface area contributed by atoms with Crippen LogP contribution in [-0.4, -0.2) is 4.98 Å². The van der Waals surface area contributed by atoms with Gasteiger partial charge < -0.3 is 5.32 Å². The van der Waals surface area contributed by atoms with Crippen molar-refractivity contribution >= 4 is 21.6 Å². The average molecular weight is 295 g/mol. The van der Waals surface area contributed by atoms with Crippen LogP contribution in [0.25, 0.3) is 0 Å². The maximum Gasteiger partial charge on any atom is 0.137 e. The zero-order valence-corrected chi connectivity index (χ0v) is 11.0. The van der Waals surface area contributed by atoms with Crippen molar-refractivity contribution in [2.45, 2.75) is 13.5 Å². The Bertz CT molecular complexity index is 511. The molecule has 0 amide bonds. The van der Waals surface area contributed by atoms with E-state index < -0.39 is 0 Å². The first-order chi connectivity index (χ1) is 8.15. The predicted molar refractivity (Wildman–Crippen MR) is 70.4 cm³/mol. The fraction of sp³-hybridized carbons (Fsp3) is 0.154. The lowest BCUT2D eigenvalue weighted by Gasteiger charge is -2.06. The van der Waals surface area contributed by atoms with E-state index in [1.807, 2.05) is 25.3 Å². The van der Waals surface area contributed by atoms with E-state index >= 15 is 0 Å². The molecule has 0 unspecified atom stereocenters. The van der Waals surface area contributed by atoms with E-state index in [1.54, 1.807) is 12.1 Å². The number of nitrogens with one attached hydrogen (secondary N) is 1. The number of pyridine rings is 1. The summed E-state index contributed by atoms with van der Waals surface area (Å²) in [5.41, 5.74) is 2.95. The highest BCUT2D eigenvalue weighted by Crippen LogP contribution is 2.20. The van der Waals surface area contributed by atoms with E-state index in [4.69, 9.17) is 0 Å². The lowest BCUT2D eigenvalue weighted by atomic mass is 10.2. The first-order valence-corrected chi connectivity index (χ1v) is 6.05. The fourth-order valence-corrected chi connectivity index (χ4v) is 1.78. The SMILES string of the molecule is Cc1ccc(CNc2ccc(F)c(Br)c2)nc1. The molecule has 2 aromatic rings. The van der Waals surface area contributed by atoms with Crippen LogP contribution in [0.2, 0.25) is 0 Å². The van der Waals surface area contributed by atoms with Crippen LogP contribution in [0.1, 0.15) is 11.3 Å². The Hall–Kier alpha value is -1.42. The number of halogens is 2. The molecule has 88 valence electrons. The molecule has 17 heavy (non-hydrogen) atoms. The van der Waals surface area contributed by atoms with Gasteiger partial charge in [-0.15, -0.1) is 0 Å². The van der Waals surface area contributed by atoms with Crippen molar-refractivity contribution in [1.29, 1.82) is 0 Å². The van der Waals surface area contributed by atoms with Crippen LogP contribution in [-0.2, 0) is 6.54 Å². The van der Waals surface area contributed by atoms with Gasteiger partial charge in [-0.1, -0.05) is 6.07 Å². The van der Waals surface area contributed by atoms with Crippen LogP contribution in [0, 0.1) is 12.7 Å². The van der Waals surface area contributed by atoms with Crippen LogP contribution in [0.3, 0.4) is 0 Å². The summed E-state index contributed by atoms with van der Waals surface area (Å²) in [6, 6.07) is 8.83. The quantitative estimate of drug-likeness (QED) is 0.928. The Morgan fingerprint density at radius 3 is 2.76 bits per heavy atom. The summed E-state index contributed by atoms with van der Waals surface area (Å²) in [7, 11) is 0. The minimum atomic E-state index is -0.260. The highest BCUT2D eigenvalue weighted by molar-refractivity contribution is 9.10. The molecule has 0 aliphatic carbocycles. The van der Waals surface area contributed by atoms with E-state index in [0.717, 1.165) is 16.9 Å². The van der Waals surface area contributed by atoms with Crippen molar-refractivity contribution in [2.24, 2.45) is 0 Å². The summed E-state index contributed by atoms with van der Waals surface area (Å²) >= 11 is 3.15. The van der Waals surface area contributed by atoms with Crippen molar-refractivity contribution < 1.29 is 4.39 Å². The van der Waals surface area contributed by atoms with Gasteiger partial charge in [0, 0.05) is 11.9 Å². The van der Waals surface area contributed by atoms with Crippen molar-refractivity contribution in [3.63, 3.8) is 0 Å². The average Bonchev–Trinajstić information content (AvgIpc) is 2.33. The zero-order chi connectivity index (χ0) is 12.3. The van der Waals surface area contributed by atoms with Crippen LogP contribution < -0.4 is 5.32 Å². The molecular formula is C13H12BrFN2. The standard InChI is InChI=1S/C13H12BrFN2/c1-9-2-3-11(16-7-9)8-17-10-4-5-13(15)12(14)6-10/h2-7,17H,8H2,1H3. The van der Waals surface area contributed by atoms with Gasteiger partial charge >= 0.3 is 0 Å². The Morgan fingerprint density at radius 2 is 2.12 bits per heavy atom. The number of hydrogen-bond acceptors (Lipinski definition) is 2. The largest absolute Gasteiger partial charge is 0.379 e. The van der Waals surface area contributed by atoms with E-state index in [1.165, 1.54) is 6.07 Å². The molecule has 0 saturated heterocycles. The van der Waals surface area contributed by atoms with Crippen LogP contribution in [0.15, 0.2) is 41.0 Å². The number of hydrogen-bond donors (Lipinski definition) is 1. The molecule has 1 heterocycles. The van der Waals surface area contributed by atoms with Gasteiger partial charge in [0.25, 0.3) is 0 Å². The summed E-state index contributed by atoms with van der Waals surface area (Å²) in [5.74, 6) is -0.260. The molecule has 2 nitrogen and oxygen atoms in total. The predicted octanol–water partition coefficient (Wildman–Crippen LogP) is 3.90. The molecule has 0 atom stereocenters. The van der Waals surface area contributed by atoms with E-state index in [0.29, 0.717) is 11.0 Å². The van der Waals surface area contributed by atoms with Gasteiger partial charge in [-0.25, -0.2) is 4.39 Å². The number of benzene rings is 1. The molecule has 1 aromatic carbocycles. The maximum atomic E-state index is 13.0. The molecule has 0 fully saturated rings. The molecule has 0 spiro atoms. The zero-order valence-electron chi connectivity index (χ0n) is 9.37. The number of rotatable bonds is 3. The molecule has 2 rings (SSSR count). The number of aromatic nitrogens is 1. The Kier molecular flexibility index (Phi) is 3.74. The second-order valence-corrected chi connectivity index (χ2v) is 4.66. The van der Waals surface area contributed by atoms with Crippen molar-refractivity contribution in [1.82, 2.24) is 4.98 Å². The van der Waals surface area contributed by atoms with Crippen LogP contribution >= 0.6 is 15.9 Å². The Morgan fingerprint density at radius 1 is 1.29 bits per heavy atom. The molecular weight excluding hydrogens is 283 g/mol. The number of nitrogens with zero attached hydrogens (tertiary/aromatic N) is 1. The molecule has 1 N–H and O–H groups in total. The van der Waals surface area contributed by atoms with E-state index in [9.17, 15) is 4.39 Å². The Balaban J connectivity index is 2.02. The lowest BCUT2D eigenvalue weighted by Crippen LogP contribution is -2.01. The minimum absolute atomic E-state index is 0.260. The summed E-state index contributed by atoms with van der Waals surface area (Å²) < 4.78 is 13.5. The topological polar surface area (TPSA) is 24.9 Å². The lowest BCUT2D eigenvalue weighted by molar-refractivity contribution is 0.621. The Labute approximate surface area is 108 Å². The highest BCUT2D eigenvalue weighted by atomic mass is 79.9. The van der Waals surface area contributed by atoms with E-state index in [-0.39, 0.29) is 5.82 Å². The fourth-order valence-electron chi connectivity index (χ4n) is 1.40. The molecule has 4 heteroatoms. The van der Waals surface area contributed by atoms with Gasteiger partial charge in [0.1, 0.15) is 5.82 Å². The molecule has 0 bridgehead atoms. The summed E-state index contributed by atoms with van der Waals surface area (Å²) in [6.45, 7) is 2.62. The second kappa shape index (κ2) is 5.27. The summed E-state index contributed by atoms with van der Waals surface area (Å²) in [4.78, 5) is 4.29. The number of anilines is 1. The van der Waals surface area contributed by atoms with Crippen molar-refractivity contribution in [2.75, 3.05) is 5.32 Å². The van der Waals surface area contributed by atoms with Crippen molar-refractivity contribution in [3.05, 3.63) is 58.1 Å². The third kappa shape index (κ3) is 3.27. The molecule has 0 aliphatic heterocycles.